The summed E-state index contributed by atoms with van der Waals surface area (Å²) in [5.74, 6) is -0.203. The maximum atomic E-state index is 13.8. The van der Waals surface area contributed by atoms with Gasteiger partial charge in [-0.1, -0.05) is 69.4 Å². The van der Waals surface area contributed by atoms with E-state index in [2.05, 4.69) is 5.32 Å². The van der Waals surface area contributed by atoms with Crippen LogP contribution in [-0.4, -0.2) is 6.04 Å². The summed E-state index contributed by atoms with van der Waals surface area (Å²) >= 11 is 5.97. The largest absolute Gasteiger partial charge is 0.380 e. The number of nitrogens with one attached hydrogen (secondary N) is 1. The van der Waals surface area contributed by atoms with Gasteiger partial charge in [0.1, 0.15) is 5.82 Å². The molecule has 1 fully saturated rings. The maximum absolute atomic E-state index is 13.8. The summed E-state index contributed by atoms with van der Waals surface area (Å²) < 4.78 is 13.8. The van der Waals surface area contributed by atoms with E-state index in [1.54, 1.807) is 12.1 Å². The molecule has 1 aromatic rings. The van der Waals surface area contributed by atoms with Crippen LogP contribution in [0.2, 0.25) is 5.02 Å². The van der Waals surface area contributed by atoms with Crippen molar-refractivity contribution in [3.05, 3.63) is 29.0 Å². The SMILES string of the molecule is Fc1ccc(Cl)cc1NC1CCCCCCCCCCC1. The Morgan fingerprint density at radius 1 is 0.857 bits per heavy atom. The van der Waals surface area contributed by atoms with Gasteiger partial charge in [0.2, 0.25) is 0 Å². The fraction of sp³-hybridized carbons (Fsp3) is 0.667. The predicted molar refractivity (Wildman–Crippen MR) is 89.6 cm³/mol. The van der Waals surface area contributed by atoms with Gasteiger partial charge < -0.3 is 5.32 Å². The molecule has 1 aliphatic carbocycles. The van der Waals surface area contributed by atoms with Crippen LogP contribution >= 0.6 is 11.6 Å². The zero-order valence-corrected chi connectivity index (χ0v) is 13.6. The Morgan fingerprint density at radius 2 is 1.38 bits per heavy atom. The minimum absolute atomic E-state index is 0.203. The molecule has 2 rings (SSSR count). The van der Waals surface area contributed by atoms with Gasteiger partial charge in [0.25, 0.3) is 0 Å². The molecule has 0 unspecified atom stereocenters. The van der Waals surface area contributed by atoms with Crippen LogP contribution in [0, 0.1) is 5.82 Å². The first-order chi connectivity index (χ1) is 10.3. The van der Waals surface area contributed by atoms with Crippen LogP contribution in [0.1, 0.15) is 70.6 Å². The number of rotatable bonds is 2. The molecule has 1 nitrogen and oxygen atoms in total. The molecule has 0 amide bonds. The molecule has 0 bridgehead atoms. The van der Waals surface area contributed by atoms with Crippen LogP contribution in [-0.2, 0) is 0 Å². The molecule has 0 heterocycles. The summed E-state index contributed by atoms with van der Waals surface area (Å²) in [6, 6.07) is 5.12. The van der Waals surface area contributed by atoms with Gasteiger partial charge in [0, 0.05) is 11.1 Å². The Labute approximate surface area is 133 Å². The van der Waals surface area contributed by atoms with Crippen molar-refractivity contribution in [2.45, 2.75) is 76.7 Å². The van der Waals surface area contributed by atoms with Gasteiger partial charge >= 0.3 is 0 Å². The van der Waals surface area contributed by atoms with Crippen molar-refractivity contribution >= 4 is 17.3 Å². The highest BCUT2D eigenvalue weighted by Gasteiger charge is 2.12. The predicted octanol–water partition coefficient (Wildman–Crippen LogP) is 6.56. The average Bonchev–Trinajstić information content (AvgIpc) is 2.45. The van der Waals surface area contributed by atoms with Crippen molar-refractivity contribution in [1.29, 1.82) is 0 Å². The molecule has 21 heavy (non-hydrogen) atoms. The lowest BCUT2D eigenvalue weighted by atomic mass is 9.98. The average molecular weight is 312 g/mol. The third-order valence-corrected chi connectivity index (χ3v) is 4.63. The van der Waals surface area contributed by atoms with E-state index in [9.17, 15) is 4.39 Å². The van der Waals surface area contributed by atoms with E-state index >= 15 is 0 Å². The van der Waals surface area contributed by atoms with Crippen molar-refractivity contribution in [3.8, 4) is 0 Å². The van der Waals surface area contributed by atoms with Gasteiger partial charge in [-0.3, -0.25) is 0 Å². The molecule has 1 aliphatic rings. The second-order valence-corrected chi connectivity index (χ2v) is 6.66. The summed E-state index contributed by atoms with van der Waals surface area (Å²) in [6.07, 6.45) is 14.2. The molecular formula is C18H27ClFN. The smallest absolute Gasteiger partial charge is 0.146 e. The molecule has 0 aromatic heterocycles. The standard InChI is InChI=1S/C18H27ClFN/c19-15-12-13-17(20)18(14-15)21-16-10-8-6-4-2-1-3-5-7-9-11-16/h12-14,16,21H,1-11H2. The van der Waals surface area contributed by atoms with Crippen LogP contribution in [0.15, 0.2) is 18.2 Å². The van der Waals surface area contributed by atoms with E-state index in [0.717, 1.165) is 12.8 Å². The summed E-state index contributed by atoms with van der Waals surface area (Å²) in [7, 11) is 0. The normalized spacial score (nSPS) is 19.5. The van der Waals surface area contributed by atoms with E-state index in [1.807, 2.05) is 0 Å². The van der Waals surface area contributed by atoms with Gasteiger partial charge in [-0.05, 0) is 31.0 Å². The van der Waals surface area contributed by atoms with Gasteiger partial charge in [-0.25, -0.2) is 4.39 Å². The fourth-order valence-corrected chi connectivity index (χ4v) is 3.31. The number of halogens is 2. The van der Waals surface area contributed by atoms with Crippen molar-refractivity contribution in [2.75, 3.05) is 5.32 Å². The number of hydrogen-bond donors (Lipinski definition) is 1. The Morgan fingerprint density at radius 3 is 1.95 bits per heavy atom. The lowest BCUT2D eigenvalue weighted by Gasteiger charge is -2.21. The molecular weight excluding hydrogens is 285 g/mol. The third-order valence-electron chi connectivity index (χ3n) is 4.39. The van der Waals surface area contributed by atoms with Crippen molar-refractivity contribution in [1.82, 2.24) is 0 Å². The highest BCUT2D eigenvalue weighted by molar-refractivity contribution is 6.30. The molecule has 0 aliphatic heterocycles. The second-order valence-electron chi connectivity index (χ2n) is 6.22. The Kier molecular flexibility index (Phi) is 7.35. The molecule has 0 saturated heterocycles. The van der Waals surface area contributed by atoms with Gasteiger partial charge in [-0.2, -0.15) is 0 Å². The molecule has 1 saturated carbocycles. The number of anilines is 1. The molecule has 0 atom stereocenters. The second kappa shape index (κ2) is 9.30. The molecule has 118 valence electrons. The summed E-state index contributed by atoms with van der Waals surface area (Å²) in [5, 5.41) is 3.97. The zero-order valence-electron chi connectivity index (χ0n) is 12.8. The Balaban J connectivity index is 1.92. The van der Waals surface area contributed by atoms with Crippen molar-refractivity contribution in [3.63, 3.8) is 0 Å². The minimum Gasteiger partial charge on any atom is -0.380 e. The van der Waals surface area contributed by atoms with E-state index < -0.39 is 0 Å². The van der Waals surface area contributed by atoms with Gasteiger partial charge in [-0.15, -0.1) is 0 Å². The van der Waals surface area contributed by atoms with Crippen LogP contribution in [0.3, 0.4) is 0 Å². The molecule has 1 aromatic carbocycles. The monoisotopic (exact) mass is 311 g/mol. The summed E-state index contributed by atoms with van der Waals surface area (Å²) in [4.78, 5) is 0. The topological polar surface area (TPSA) is 12.0 Å². The van der Waals surface area contributed by atoms with Crippen LogP contribution < -0.4 is 5.32 Å². The van der Waals surface area contributed by atoms with Crippen LogP contribution in [0.25, 0.3) is 0 Å². The van der Waals surface area contributed by atoms with Gasteiger partial charge in [0.15, 0.2) is 0 Å². The summed E-state index contributed by atoms with van der Waals surface area (Å²) in [5.41, 5.74) is 0.555. The number of benzene rings is 1. The van der Waals surface area contributed by atoms with Crippen molar-refractivity contribution < 1.29 is 4.39 Å². The van der Waals surface area contributed by atoms with E-state index in [1.165, 1.54) is 63.9 Å². The quantitative estimate of drug-likeness (QED) is 0.651. The van der Waals surface area contributed by atoms with E-state index in [-0.39, 0.29) is 5.82 Å². The van der Waals surface area contributed by atoms with Crippen molar-refractivity contribution in [2.24, 2.45) is 0 Å². The first-order valence-electron chi connectivity index (χ1n) is 8.47. The maximum Gasteiger partial charge on any atom is 0.146 e. The van der Waals surface area contributed by atoms with Crippen LogP contribution in [0.5, 0.6) is 0 Å². The lowest BCUT2D eigenvalue weighted by Crippen LogP contribution is -2.20. The summed E-state index contributed by atoms with van der Waals surface area (Å²) in [6.45, 7) is 0. The van der Waals surface area contributed by atoms with Crippen LogP contribution in [0.4, 0.5) is 10.1 Å². The van der Waals surface area contributed by atoms with E-state index in [0.29, 0.717) is 16.8 Å². The Hall–Kier alpha value is -0.760. The molecule has 3 heteroatoms. The number of hydrogen-bond acceptors (Lipinski definition) is 1. The van der Waals surface area contributed by atoms with Gasteiger partial charge in [0.05, 0.1) is 5.69 Å². The highest BCUT2D eigenvalue weighted by Crippen LogP contribution is 2.24. The first kappa shape index (κ1) is 16.6. The van der Waals surface area contributed by atoms with E-state index in [4.69, 9.17) is 11.6 Å². The minimum atomic E-state index is -0.203. The Bertz CT molecular complexity index is 410. The zero-order chi connectivity index (χ0) is 14.9. The molecule has 0 radical (unpaired) electrons. The lowest BCUT2D eigenvalue weighted by molar-refractivity contribution is 0.478. The molecule has 0 spiro atoms. The molecule has 1 N–H and O–H groups in total. The highest BCUT2D eigenvalue weighted by atomic mass is 35.5. The fourth-order valence-electron chi connectivity index (χ4n) is 3.14. The third kappa shape index (κ3) is 6.25. The first-order valence-corrected chi connectivity index (χ1v) is 8.85.